The first-order valence-electron chi connectivity index (χ1n) is 4.44. The molecule has 13 heavy (non-hydrogen) atoms. The number of carbonyl (C=O) groups is 1. The summed E-state index contributed by atoms with van der Waals surface area (Å²) >= 11 is 0. The van der Waals surface area contributed by atoms with Crippen LogP contribution < -0.4 is 5.11 Å². The number of carboxylic acid groups (broad SMARTS) is 1. The quantitative estimate of drug-likeness (QED) is 0.259. The van der Waals surface area contributed by atoms with Crippen LogP contribution >= 0.6 is 0 Å². The van der Waals surface area contributed by atoms with E-state index in [2.05, 4.69) is 4.74 Å². The second-order valence-corrected chi connectivity index (χ2v) is 2.65. The Hall–Kier alpha value is -0.810. The van der Waals surface area contributed by atoms with Gasteiger partial charge in [0.1, 0.15) is 19.6 Å². The number of hydrogen-bond acceptors (Lipinski definition) is 4. The minimum atomic E-state index is -1.55. The van der Waals surface area contributed by atoms with Gasteiger partial charge in [-0.05, 0) is 20.8 Å². The summed E-state index contributed by atoms with van der Waals surface area (Å²) in [5.41, 5.74) is 0. The largest absolute Gasteiger partial charge is 0.517 e. The molecule has 0 fully saturated rings. The summed E-state index contributed by atoms with van der Waals surface area (Å²) in [5, 5.41) is 9.93. The maximum absolute atomic E-state index is 9.93. The molecule has 0 N–H and O–H groups in total. The van der Waals surface area contributed by atoms with Crippen LogP contribution in [0.3, 0.4) is 0 Å². The minimum absolute atomic E-state index is 0.266. The molecule has 0 aromatic rings. The van der Waals surface area contributed by atoms with E-state index in [1.54, 1.807) is 0 Å². The van der Waals surface area contributed by atoms with Gasteiger partial charge in [-0.3, -0.25) is 0 Å². The van der Waals surface area contributed by atoms with Gasteiger partial charge in [0.05, 0.1) is 0 Å². The standard InChI is InChI=1S/C8H17NO4/c1-4-9(5-2,6-3)13-7-12-8(10)11/h4-7H2,1-3H3. The zero-order valence-corrected chi connectivity index (χ0v) is 8.41. The van der Waals surface area contributed by atoms with Crippen molar-refractivity contribution in [3.63, 3.8) is 0 Å². The van der Waals surface area contributed by atoms with E-state index >= 15 is 0 Å². The smallest absolute Gasteiger partial charge is 0.254 e. The highest BCUT2D eigenvalue weighted by molar-refractivity contribution is 5.53. The lowest BCUT2D eigenvalue weighted by atomic mass is 10.5. The molecule has 0 aliphatic carbocycles. The van der Waals surface area contributed by atoms with Gasteiger partial charge in [-0.1, -0.05) is 0 Å². The van der Waals surface area contributed by atoms with Crippen LogP contribution in [0.4, 0.5) is 4.79 Å². The fourth-order valence-electron chi connectivity index (χ4n) is 1.13. The van der Waals surface area contributed by atoms with E-state index in [-0.39, 0.29) is 6.79 Å². The number of hydroxylamine groups is 3. The highest BCUT2D eigenvalue weighted by Crippen LogP contribution is 2.06. The Bertz CT molecular complexity index is 148. The topological polar surface area (TPSA) is 58.6 Å². The lowest BCUT2D eigenvalue weighted by Crippen LogP contribution is -2.48. The van der Waals surface area contributed by atoms with Crippen LogP contribution in [0, 0.1) is 0 Å². The van der Waals surface area contributed by atoms with Crippen molar-refractivity contribution in [2.45, 2.75) is 20.8 Å². The Kier molecular flexibility index (Phi) is 5.41. The average molecular weight is 191 g/mol. The van der Waals surface area contributed by atoms with Crippen molar-refractivity contribution in [2.75, 3.05) is 26.4 Å². The molecule has 5 nitrogen and oxygen atoms in total. The third-order valence-corrected chi connectivity index (χ3v) is 2.23. The molecule has 0 spiro atoms. The highest BCUT2D eigenvalue weighted by Gasteiger charge is 2.22. The molecule has 0 aromatic heterocycles. The van der Waals surface area contributed by atoms with Crippen molar-refractivity contribution in [1.82, 2.24) is 0 Å². The van der Waals surface area contributed by atoms with Gasteiger partial charge in [-0.15, -0.1) is 0 Å². The molecule has 78 valence electrons. The summed E-state index contributed by atoms with van der Waals surface area (Å²) in [6.07, 6.45) is -1.55. The van der Waals surface area contributed by atoms with Gasteiger partial charge in [0.25, 0.3) is 6.16 Å². The maximum Gasteiger partial charge on any atom is 0.254 e. The SMILES string of the molecule is CC[N+](CC)(CC)OCOC(=O)[O-]. The molecule has 0 aliphatic rings. The molecule has 0 rings (SSSR count). The fourth-order valence-corrected chi connectivity index (χ4v) is 1.13. The van der Waals surface area contributed by atoms with Crippen molar-refractivity contribution in [3.05, 3.63) is 0 Å². The van der Waals surface area contributed by atoms with Crippen molar-refractivity contribution in [1.29, 1.82) is 0 Å². The van der Waals surface area contributed by atoms with E-state index in [0.717, 1.165) is 19.6 Å². The van der Waals surface area contributed by atoms with Gasteiger partial charge in [0.15, 0.2) is 6.79 Å². The predicted molar refractivity (Wildman–Crippen MR) is 44.3 cm³/mol. The van der Waals surface area contributed by atoms with E-state index < -0.39 is 6.16 Å². The summed E-state index contributed by atoms with van der Waals surface area (Å²) in [6.45, 7) is 8.01. The third kappa shape index (κ3) is 4.10. The first kappa shape index (κ1) is 12.2. The van der Waals surface area contributed by atoms with Gasteiger partial charge < -0.3 is 14.6 Å². The highest BCUT2D eigenvalue weighted by atomic mass is 16.8. The van der Waals surface area contributed by atoms with Gasteiger partial charge in [0, 0.05) is 0 Å². The zero-order chi connectivity index (χ0) is 10.3. The number of nitrogens with zero attached hydrogens (tertiary/aromatic N) is 1. The summed E-state index contributed by atoms with van der Waals surface area (Å²) < 4.78 is 4.57. The average Bonchev–Trinajstić information content (AvgIpc) is 2.13. The van der Waals surface area contributed by atoms with Gasteiger partial charge in [-0.2, -0.15) is 9.48 Å². The summed E-state index contributed by atoms with van der Waals surface area (Å²) in [5.74, 6) is 0. The Balaban J connectivity index is 3.88. The molecule has 0 saturated heterocycles. The molecule has 0 saturated carbocycles. The van der Waals surface area contributed by atoms with Crippen LogP contribution in [0.5, 0.6) is 0 Å². The second-order valence-electron chi connectivity index (χ2n) is 2.65. The Labute approximate surface area is 78.4 Å². The van der Waals surface area contributed by atoms with E-state index in [9.17, 15) is 9.90 Å². The molecule has 0 atom stereocenters. The second kappa shape index (κ2) is 5.77. The molecule has 0 aliphatic heterocycles. The van der Waals surface area contributed by atoms with Crippen molar-refractivity contribution in [3.8, 4) is 0 Å². The van der Waals surface area contributed by atoms with E-state index in [1.807, 2.05) is 20.8 Å². The molecule has 5 heteroatoms. The molecule has 0 aromatic carbocycles. The summed E-state index contributed by atoms with van der Waals surface area (Å²) in [7, 11) is 0. The van der Waals surface area contributed by atoms with E-state index in [1.165, 1.54) is 0 Å². The number of carbonyl (C=O) groups excluding carboxylic acids is 1. The molecule has 0 bridgehead atoms. The third-order valence-electron chi connectivity index (χ3n) is 2.23. The normalized spacial score (nSPS) is 11.3. The van der Waals surface area contributed by atoms with Crippen molar-refractivity contribution < 1.29 is 24.1 Å². The molecule has 0 radical (unpaired) electrons. The lowest BCUT2D eigenvalue weighted by molar-refractivity contribution is -1.10. The molecule has 0 unspecified atom stereocenters. The van der Waals surface area contributed by atoms with Crippen LogP contribution in [0.1, 0.15) is 20.8 Å². The number of quaternary nitrogens is 1. The molecular weight excluding hydrogens is 174 g/mol. The predicted octanol–water partition coefficient (Wildman–Crippen LogP) is 0.112. The number of hydrogen-bond donors (Lipinski definition) is 0. The van der Waals surface area contributed by atoms with E-state index in [0.29, 0.717) is 4.65 Å². The molecule has 0 heterocycles. The minimum Gasteiger partial charge on any atom is -0.517 e. The molecular formula is C8H17NO4. The van der Waals surface area contributed by atoms with E-state index in [4.69, 9.17) is 4.84 Å². The van der Waals surface area contributed by atoms with Crippen LogP contribution in [0.15, 0.2) is 0 Å². The first-order chi connectivity index (χ1) is 6.10. The van der Waals surface area contributed by atoms with Crippen LogP contribution in [-0.2, 0) is 9.57 Å². The Morgan fingerprint density at radius 3 is 2.00 bits per heavy atom. The maximum atomic E-state index is 9.93. The Morgan fingerprint density at radius 1 is 1.23 bits per heavy atom. The zero-order valence-electron chi connectivity index (χ0n) is 8.41. The summed E-state index contributed by atoms with van der Waals surface area (Å²) in [6, 6.07) is 0. The van der Waals surface area contributed by atoms with Gasteiger partial charge >= 0.3 is 0 Å². The first-order valence-corrected chi connectivity index (χ1v) is 4.44. The van der Waals surface area contributed by atoms with Crippen molar-refractivity contribution in [2.24, 2.45) is 0 Å². The Morgan fingerprint density at radius 2 is 1.69 bits per heavy atom. The number of rotatable bonds is 6. The monoisotopic (exact) mass is 191 g/mol. The van der Waals surface area contributed by atoms with Crippen molar-refractivity contribution >= 4 is 6.16 Å². The lowest BCUT2D eigenvalue weighted by Gasteiger charge is -2.32. The number of ether oxygens (including phenoxy) is 1. The van der Waals surface area contributed by atoms with Gasteiger partial charge in [-0.25, -0.2) is 0 Å². The molecule has 0 amide bonds. The fraction of sp³-hybridized carbons (Fsp3) is 0.875. The van der Waals surface area contributed by atoms with Gasteiger partial charge in [0.2, 0.25) is 0 Å². The van der Waals surface area contributed by atoms with Crippen LogP contribution in [0.25, 0.3) is 0 Å². The van der Waals surface area contributed by atoms with Crippen LogP contribution in [0.2, 0.25) is 0 Å². The van der Waals surface area contributed by atoms with Crippen LogP contribution in [-0.4, -0.2) is 37.2 Å². The summed E-state index contributed by atoms with van der Waals surface area (Å²) in [4.78, 5) is 15.2.